The Hall–Kier alpha value is 0.480. The maximum atomic E-state index is 3.76. The van der Waals surface area contributed by atoms with Crippen molar-refractivity contribution < 1.29 is 0 Å². The SMILES string of the molecule is BrCC1(C2CCC2)CC2CC2C1. The summed E-state index contributed by atoms with van der Waals surface area (Å²) in [6.45, 7) is 0. The van der Waals surface area contributed by atoms with Crippen LogP contribution in [0.5, 0.6) is 0 Å². The number of hydrogen-bond donors (Lipinski definition) is 0. The van der Waals surface area contributed by atoms with Crippen LogP contribution in [0.3, 0.4) is 0 Å². The van der Waals surface area contributed by atoms with Crippen LogP contribution < -0.4 is 0 Å². The Bertz CT molecular complexity index is 185. The number of fused-ring (bicyclic) bond motifs is 1. The normalized spacial score (nSPS) is 51.8. The van der Waals surface area contributed by atoms with Gasteiger partial charge in [0, 0.05) is 5.33 Å². The van der Waals surface area contributed by atoms with E-state index in [1.165, 1.54) is 24.6 Å². The van der Waals surface area contributed by atoms with Gasteiger partial charge >= 0.3 is 0 Å². The minimum Gasteiger partial charge on any atom is -0.0922 e. The number of rotatable bonds is 2. The van der Waals surface area contributed by atoms with Crippen molar-refractivity contribution in [1.29, 1.82) is 0 Å². The predicted octanol–water partition coefficient (Wildman–Crippen LogP) is 3.60. The van der Waals surface area contributed by atoms with E-state index < -0.39 is 0 Å². The standard InChI is InChI=1S/C11H17Br/c12-7-11(10-2-1-3-10)5-8-4-9(8)6-11/h8-10H,1-7H2. The van der Waals surface area contributed by atoms with Crippen LogP contribution in [0.1, 0.15) is 38.5 Å². The van der Waals surface area contributed by atoms with Gasteiger partial charge in [-0.15, -0.1) is 0 Å². The van der Waals surface area contributed by atoms with E-state index in [9.17, 15) is 0 Å². The van der Waals surface area contributed by atoms with Gasteiger partial charge in [-0.1, -0.05) is 22.4 Å². The van der Waals surface area contributed by atoms with E-state index in [-0.39, 0.29) is 0 Å². The first-order chi connectivity index (χ1) is 5.84. The first kappa shape index (κ1) is 7.84. The quantitative estimate of drug-likeness (QED) is 0.634. The monoisotopic (exact) mass is 228 g/mol. The molecule has 0 nitrogen and oxygen atoms in total. The van der Waals surface area contributed by atoms with E-state index in [1.54, 1.807) is 19.3 Å². The van der Waals surface area contributed by atoms with Crippen molar-refractivity contribution in [2.24, 2.45) is 23.2 Å². The molecule has 3 saturated carbocycles. The van der Waals surface area contributed by atoms with Crippen molar-refractivity contribution in [3.05, 3.63) is 0 Å². The lowest BCUT2D eigenvalue weighted by atomic mass is 9.64. The van der Waals surface area contributed by atoms with Gasteiger partial charge in [0.25, 0.3) is 0 Å². The number of alkyl halides is 1. The molecule has 0 aromatic carbocycles. The van der Waals surface area contributed by atoms with Crippen LogP contribution in [0.25, 0.3) is 0 Å². The van der Waals surface area contributed by atoms with Gasteiger partial charge in [0.15, 0.2) is 0 Å². The molecule has 3 aliphatic carbocycles. The molecule has 0 heterocycles. The second kappa shape index (κ2) is 2.50. The molecule has 0 aromatic rings. The van der Waals surface area contributed by atoms with Crippen LogP contribution in [-0.2, 0) is 0 Å². The molecule has 68 valence electrons. The third-order valence-electron chi connectivity index (χ3n) is 4.64. The van der Waals surface area contributed by atoms with E-state index in [1.807, 2.05) is 0 Å². The van der Waals surface area contributed by atoms with Crippen molar-refractivity contribution in [1.82, 2.24) is 0 Å². The van der Waals surface area contributed by atoms with E-state index >= 15 is 0 Å². The predicted molar refractivity (Wildman–Crippen MR) is 54.4 cm³/mol. The van der Waals surface area contributed by atoms with E-state index in [0.717, 1.165) is 23.2 Å². The molecule has 0 aromatic heterocycles. The van der Waals surface area contributed by atoms with Crippen LogP contribution in [0.15, 0.2) is 0 Å². The van der Waals surface area contributed by atoms with Gasteiger partial charge in [-0.2, -0.15) is 0 Å². The molecule has 0 N–H and O–H groups in total. The molecule has 0 spiro atoms. The Labute approximate surface area is 83.2 Å². The van der Waals surface area contributed by atoms with Crippen molar-refractivity contribution >= 4 is 15.9 Å². The molecule has 3 rings (SSSR count). The summed E-state index contributed by atoms with van der Waals surface area (Å²) in [4.78, 5) is 0. The minimum atomic E-state index is 0.770. The molecular formula is C11H17Br. The fourth-order valence-electron chi connectivity index (χ4n) is 3.51. The Morgan fingerprint density at radius 3 is 2.25 bits per heavy atom. The van der Waals surface area contributed by atoms with Gasteiger partial charge in [0.05, 0.1) is 0 Å². The summed E-state index contributed by atoms with van der Waals surface area (Å²) in [6, 6.07) is 0. The smallest absolute Gasteiger partial charge is 0.00908 e. The highest BCUT2D eigenvalue weighted by Gasteiger charge is 2.56. The molecule has 2 atom stereocenters. The van der Waals surface area contributed by atoms with Crippen LogP contribution in [-0.4, -0.2) is 5.33 Å². The van der Waals surface area contributed by atoms with Gasteiger partial charge in [-0.3, -0.25) is 0 Å². The number of hydrogen-bond acceptors (Lipinski definition) is 0. The molecule has 0 aliphatic heterocycles. The van der Waals surface area contributed by atoms with Gasteiger partial charge < -0.3 is 0 Å². The summed E-state index contributed by atoms with van der Waals surface area (Å²) in [5, 5.41) is 1.29. The van der Waals surface area contributed by atoms with Gasteiger partial charge in [-0.25, -0.2) is 0 Å². The zero-order valence-corrected chi connectivity index (χ0v) is 9.15. The molecule has 2 unspecified atom stereocenters. The first-order valence-corrected chi connectivity index (χ1v) is 6.52. The van der Waals surface area contributed by atoms with E-state index in [0.29, 0.717) is 0 Å². The maximum Gasteiger partial charge on any atom is 0.00908 e. The maximum absolute atomic E-state index is 3.76. The Kier molecular flexibility index (Phi) is 1.63. The van der Waals surface area contributed by atoms with Crippen LogP contribution in [0.4, 0.5) is 0 Å². The highest BCUT2D eigenvalue weighted by atomic mass is 79.9. The summed E-state index contributed by atoms with van der Waals surface area (Å²) < 4.78 is 0. The summed E-state index contributed by atoms with van der Waals surface area (Å²) in [6.07, 6.45) is 9.27. The Morgan fingerprint density at radius 2 is 1.83 bits per heavy atom. The van der Waals surface area contributed by atoms with Gasteiger partial charge in [-0.05, 0) is 55.3 Å². The highest BCUT2D eigenvalue weighted by Crippen LogP contribution is 2.65. The lowest BCUT2D eigenvalue weighted by Crippen LogP contribution is -2.35. The molecule has 3 fully saturated rings. The fraction of sp³-hybridized carbons (Fsp3) is 1.00. The van der Waals surface area contributed by atoms with Crippen molar-refractivity contribution in [3.63, 3.8) is 0 Å². The summed E-state index contributed by atoms with van der Waals surface area (Å²) in [5.74, 6) is 3.41. The third-order valence-corrected chi connectivity index (χ3v) is 5.76. The largest absolute Gasteiger partial charge is 0.0922 e. The van der Waals surface area contributed by atoms with Gasteiger partial charge in [0.1, 0.15) is 0 Å². The fourth-order valence-corrected chi connectivity index (χ4v) is 4.43. The molecule has 12 heavy (non-hydrogen) atoms. The van der Waals surface area contributed by atoms with Crippen LogP contribution >= 0.6 is 15.9 Å². The summed E-state index contributed by atoms with van der Waals surface area (Å²) >= 11 is 3.76. The second-order valence-corrected chi connectivity index (χ2v) is 5.85. The summed E-state index contributed by atoms with van der Waals surface area (Å²) in [7, 11) is 0. The molecule has 0 saturated heterocycles. The lowest BCUT2D eigenvalue weighted by Gasteiger charge is -2.43. The van der Waals surface area contributed by atoms with Crippen molar-refractivity contribution in [2.75, 3.05) is 5.33 Å². The average Bonchev–Trinajstić information content (AvgIpc) is 2.57. The Balaban J connectivity index is 1.76. The first-order valence-electron chi connectivity index (χ1n) is 5.40. The molecule has 3 aliphatic rings. The van der Waals surface area contributed by atoms with Gasteiger partial charge in [0.2, 0.25) is 0 Å². The van der Waals surface area contributed by atoms with E-state index in [4.69, 9.17) is 0 Å². The average molecular weight is 229 g/mol. The van der Waals surface area contributed by atoms with Crippen LogP contribution in [0, 0.1) is 23.2 Å². The Morgan fingerprint density at radius 1 is 1.17 bits per heavy atom. The number of halogens is 1. The lowest BCUT2D eigenvalue weighted by molar-refractivity contribution is 0.101. The molecule has 0 bridgehead atoms. The van der Waals surface area contributed by atoms with E-state index in [2.05, 4.69) is 15.9 Å². The van der Waals surface area contributed by atoms with Crippen molar-refractivity contribution in [2.45, 2.75) is 38.5 Å². The topological polar surface area (TPSA) is 0 Å². The zero-order valence-electron chi connectivity index (χ0n) is 7.56. The third kappa shape index (κ3) is 0.950. The molecule has 1 heteroatoms. The van der Waals surface area contributed by atoms with Crippen molar-refractivity contribution in [3.8, 4) is 0 Å². The molecule has 0 amide bonds. The molecular weight excluding hydrogens is 212 g/mol. The second-order valence-electron chi connectivity index (χ2n) is 5.29. The highest BCUT2D eigenvalue weighted by molar-refractivity contribution is 9.09. The molecule has 0 radical (unpaired) electrons. The zero-order chi connectivity index (χ0) is 8.18. The minimum absolute atomic E-state index is 0.770. The summed E-state index contributed by atoms with van der Waals surface area (Å²) in [5.41, 5.74) is 0.770. The van der Waals surface area contributed by atoms with Crippen LogP contribution in [0.2, 0.25) is 0 Å².